The van der Waals surface area contributed by atoms with Crippen LogP contribution in [0, 0.1) is 23.0 Å². The van der Waals surface area contributed by atoms with Crippen LogP contribution < -0.4 is 10.2 Å². The Morgan fingerprint density at radius 2 is 2.08 bits per heavy atom. The summed E-state index contributed by atoms with van der Waals surface area (Å²) in [6.07, 6.45) is 2.00. The number of piperidine rings is 1. The Morgan fingerprint density at radius 1 is 1.42 bits per heavy atom. The average molecular weight is 334 g/mol. The van der Waals surface area contributed by atoms with E-state index in [1.807, 2.05) is 24.9 Å². The largest absolute Gasteiger partial charge is 0.369 e. The highest BCUT2D eigenvalue weighted by Crippen LogP contribution is 2.32. The minimum absolute atomic E-state index is 0.0427. The summed E-state index contributed by atoms with van der Waals surface area (Å²) in [6.45, 7) is 4.93. The molecule has 0 unspecified atom stereocenters. The third-order valence-electron chi connectivity index (χ3n) is 4.68. The van der Waals surface area contributed by atoms with E-state index in [2.05, 4.69) is 10.2 Å². The molecule has 1 aromatic carbocycles. The van der Waals surface area contributed by atoms with Crippen LogP contribution in [0.5, 0.6) is 0 Å². The zero-order valence-corrected chi connectivity index (χ0v) is 14.6. The second-order valence-corrected chi connectivity index (χ2v) is 6.47. The number of amides is 1. The van der Waals surface area contributed by atoms with Crippen LogP contribution in [-0.2, 0) is 4.79 Å². The summed E-state index contributed by atoms with van der Waals surface area (Å²) >= 11 is 0. The molecule has 132 valence electrons. The van der Waals surface area contributed by atoms with Gasteiger partial charge < -0.3 is 10.2 Å². The maximum atomic E-state index is 11.4. The molecule has 0 saturated carbocycles. The second-order valence-electron chi connectivity index (χ2n) is 6.47. The molecule has 0 radical (unpaired) electrons. The molecule has 0 bridgehead atoms. The summed E-state index contributed by atoms with van der Waals surface area (Å²) in [5.41, 5.74) is 1.79. The summed E-state index contributed by atoms with van der Waals surface area (Å²) in [7, 11) is 3.57. The first-order chi connectivity index (χ1) is 11.4. The molecule has 1 N–H and O–H groups in total. The van der Waals surface area contributed by atoms with Gasteiger partial charge in [-0.15, -0.1) is 0 Å². The van der Waals surface area contributed by atoms with Crippen LogP contribution in [-0.4, -0.2) is 56.0 Å². The molecule has 1 amide bonds. The van der Waals surface area contributed by atoms with E-state index < -0.39 is 0 Å². The van der Waals surface area contributed by atoms with Crippen molar-refractivity contribution >= 4 is 17.3 Å². The van der Waals surface area contributed by atoms with Gasteiger partial charge in [0.05, 0.1) is 11.5 Å². The smallest absolute Gasteiger partial charge is 0.292 e. The molecule has 0 atom stereocenters. The van der Waals surface area contributed by atoms with E-state index in [9.17, 15) is 14.9 Å². The lowest BCUT2D eigenvalue weighted by Crippen LogP contribution is -2.42. The summed E-state index contributed by atoms with van der Waals surface area (Å²) in [5.74, 6) is 0.524. The summed E-state index contributed by atoms with van der Waals surface area (Å²) in [5, 5.41) is 13.9. The van der Waals surface area contributed by atoms with Crippen LogP contribution in [0.15, 0.2) is 18.2 Å². The van der Waals surface area contributed by atoms with Crippen molar-refractivity contribution in [2.45, 2.75) is 19.8 Å². The molecule has 0 spiro atoms. The number of likely N-dealkylation sites (N-methyl/N-ethyl adjacent to an activating group) is 1. The van der Waals surface area contributed by atoms with Gasteiger partial charge in [-0.1, -0.05) is 12.1 Å². The number of aryl methyl sites for hydroxylation is 1. The number of nitrogens with zero attached hydrogens (tertiary/aromatic N) is 3. The number of hydrogen-bond acceptors (Lipinski definition) is 5. The monoisotopic (exact) mass is 334 g/mol. The fraction of sp³-hybridized carbons (Fsp3) is 0.588. The lowest BCUT2D eigenvalue weighted by Gasteiger charge is -2.34. The van der Waals surface area contributed by atoms with Crippen molar-refractivity contribution in [2.75, 3.05) is 45.2 Å². The molecule has 7 nitrogen and oxygen atoms in total. The number of rotatable bonds is 6. The van der Waals surface area contributed by atoms with Gasteiger partial charge in [0, 0.05) is 26.7 Å². The van der Waals surface area contributed by atoms with E-state index in [0.29, 0.717) is 18.2 Å². The van der Waals surface area contributed by atoms with Gasteiger partial charge in [-0.2, -0.15) is 0 Å². The lowest BCUT2D eigenvalue weighted by atomic mass is 9.95. The van der Waals surface area contributed by atoms with E-state index >= 15 is 0 Å². The molecular weight excluding hydrogens is 308 g/mol. The summed E-state index contributed by atoms with van der Waals surface area (Å²) in [6, 6.07) is 5.19. The molecule has 1 aliphatic rings. The first kappa shape index (κ1) is 18.2. The zero-order chi connectivity index (χ0) is 17.7. The highest BCUT2D eigenvalue weighted by molar-refractivity contribution is 5.77. The number of likely N-dealkylation sites (tertiary alicyclic amines) is 1. The first-order valence-corrected chi connectivity index (χ1v) is 8.30. The molecule has 1 aromatic rings. The Bertz CT molecular complexity index is 597. The first-order valence-electron chi connectivity index (χ1n) is 8.30. The van der Waals surface area contributed by atoms with E-state index in [-0.39, 0.29) is 16.5 Å². The number of carbonyl (C=O) groups excluding carboxylic acids is 1. The lowest BCUT2D eigenvalue weighted by molar-refractivity contribution is -0.384. The number of anilines is 1. The van der Waals surface area contributed by atoms with Gasteiger partial charge in [0.15, 0.2) is 0 Å². The second kappa shape index (κ2) is 8.10. The molecule has 2 rings (SSSR count). The van der Waals surface area contributed by atoms with Crippen LogP contribution in [0.1, 0.15) is 18.4 Å². The average Bonchev–Trinajstić information content (AvgIpc) is 2.56. The highest BCUT2D eigenvalue weighted by Gasteiger charge is 2.25. The van der Waals surface area contributed by atoms with Crippen molar-refractivity contribution in [3.05, 3.63) is 33.9 Å². The van der Waals surface area contributed by atoms with Crippen LogP contribution in [0.25, 0.3) is 0 Å². The van der Waals surface area contributed by atoms with Crippen molar-refractivity contribution in [3.63, 3.8) is 0 Å². The summed E-state index contributed by atoms with van der Waals surface area (Å²) in [4.78, 5) is 26.6. The molecule has 1 saturated heterocycles. The van der Waals surface area contributed by atoms with Crippen LogP contribution in [0.4, 0.5) is 11.4 Å². The number of nitrogens with one attached hydrogen (secondary N) is 1. The van der Waals surface area contributed by atoms with Crippen LogP contribution >= 0.6 is 0 Å². The Kier molecular flexibility index (Phi) is 6.14. The molecule has 0 aromatic heterocycles. The van der Waals surface area contributed by atoms with E-state index in [0.717, 1.165) is 38.0 Å². The topological polar surface area (TPSA) is 78.7 Å². The molecule has 7 heteroatoms. The molecule has 0 aliphatic carbocycles. The van der Waals surface area contributed by atoms with Gasteiger partial charge in [-0.25, -0.2) is 0 Å². The van der Waals surface area contributed by atoms with E-state index in [1.165, 1.54) is 0 Å². The number of nitro groups is 1. The van der Waals surface area contributed by atoms with Gasteiger partial charge in [-0.3, -0.25) is 19.8 Å². The maximum absolute atomic E-state index is 11.4. The van der Waals surface area contributed by atoms with Crippen molar-refractivity contribution in [2.24, 2.45) is 5.92 Å². The van der Waals surface area contributed by atoms with E-state index in [1.54, 1.807) is 19.2 Å². The quantitative estimate of drug-likeness (QED) is 0.634. The Labute approximate surface area is 142 Å². The van der Waals surface area contributed by atoms with Crippen molar-refractivity contribution in [1.29, 1.82) is 0 Å². The minimum Gasteiger partial charge on any atom is -0.369 e. The van der Waals surface area contributed by atoms with Crippen LogP contribution in [0.2, 0.25) is 0 Å². The molecule has 1 heterocycles. The van der Waals surface area contributed by atoms with Gasteiger partial charge in [-0.05, 0) is 44.3 Å². The normalized spacial score (nSPS) is 16.0. The SMILES string of the molecule is CNC(=O)CN1CCC(CN(C)c2c(C)cccc2[N+](=O)[O-])CC1. The van der Waals surface area contributed by atoms with Crippen molar-refractivity contribution < 1.29 is 9.72 Å². The van der Waals surface area contributed by atoms with Gasteiger partial charge in [0.1, 0.15) is 5.69 Å². The molecule has 24 heavy (non-hydrogen) atoms. The number of benzene rings is 1. The predicted octanol–water partition coefficient (Wildman–Crippen LogP) is 1.80. The predicted molar refractivity (Wildman–Crippen MR) is 94.3 cm³/mol. The number of nitro benzene ring substituents is 1. The number of para-hydroxylation sites is 1. The van der Waals surface area contributed by atoms with Crippen LogP contribution in [0.3, 0.4) is 0 Å². The number of hydrogen-bond donors (Lipinski definition) is 1. The highest BCUT2D eigenvalue weighted by atomic mass is 16.6. The minimum atomic E-state index is -0.315. The van der Waals surface area contributed by atoms with Crippen molar-refractivity contribution in [3.8, 4) is 0 Å². The van der Waals surface area contributed by atoms with Gasteiger partial charge in [0.2, 0.25) is 5.91 Å². The fourth-order valence-corrected chi connectivity index (χ4v) is 3.38. The number of carbonyl (C=O) groups is 1. The fourth-order valence-electron chi connectivity index (χ4n) is 3.38. The Balaban J connectivity index is 1.96. The molecule has 1 aliphatic heterocycles. The van der Waals surface area contributed by atoms with Gasteiger partial charge in [0.25, 0.3) is 5.69 Å². The molecular formula is C17H26N4O3. The van der Waals surface area contributed by atoms with Crippen molar-refractivity contribution in [1.82, 2.24) is 10.2 Å². The standard InChI is InChI=1S/C17H26N4O3/c1-13-5-4-6-15(21(23)24)17(13)19(3)11-14-7-9-20(10-8-14)12-16(22)18-2/h4-6,14H,7-12H2,1-3H3,(H,18,22). The maximum Gasteiger partial charge on any atom is 0.292 e. The Morgan fingerprint density at radius 3 is 2.67 bits per heavy atom. The zero-order valence-electron chi connectivity index (χ0n) is 14.6. The third-order valence-corrected chi connectivity index (χ3v) is 4.68. The third kappa shape index (κ3) is 4.44. The Hall–Kier alpha value is -2.15. The van der Waals surface area contributed by atoms with E-state index in [4.69, 9.17) is 0 Å². The summed E-state index contributed by atoms with van der Waals surface area (Å²) < 4.78 is 0. The molecule has 1 fully saturated rings. The van der Waals surface area contributed by atoms with Gasteiger partial charge >= 0.3 is 0 Å².